The first kappa shape index (κ1) is 23.2. The molecule has 0 aromatic carbocycles. The van der Waals surface area contributed by atoms with Crippen molar-refractivity contribution in [3.05, 3.63) is 0 Å². The van der Waals surface area contributed by atoms with E-state index in [0.717, 1.165) is 39.3 Å². The Labute approximate surface area is 163 Å². The molecule has 1 amide bonds. The summed E-state index contributed by atoms with van der Waals surface area (Å²) >= 11 is 0. The van der Waals surface area contributed by atoms with Crippen LogP contribution in [0.15, 0.2) is 0 Å². The maximum atomic E-state index is 11.5. The summed E-state index contributed by atoms with van der Waals surface area (Å²) in [5.41, 5.74) is 5.10. The van der Waals surface area contributed by atoms with Crippen LogP contribution < -0.4 is 11.1 Å². The summed E-state index contributed by atoms with van der Waals surface area (Å²) in [6.07, 6.45) is -0.387. The molecule has 0 radical (unpaired) electrons. The summed E-state index contributed by atoms with van der Waals surface area (Å²) < 4.78 is 5.16. The SMILES string of the molecule is C[C@@H](N)CN1CC(C#N)C1.C[C@H](CN1CC(C#N)C1)NC(=O)OC(C)(C)C. The van der Waals surface area contributed by atoms with Crippen LogP contribution in [-0.4, -0.2) is 72.8 Å². The lowest BCUT2D eigenvalue weighted by molar-refractivity contribution is 0.0476. The fraction of sp³-hybridized carbons (Fsp3) is 0.842. The molecule has 0 aromatic heterocycles. The van der Waals surface area contributed by atoms with Crippen molar-refractivity contribution in [1.82, 2.24) is 15.1 Å². The van der Waals surface area contributed by atoms with Gasteiger partial charge in [-0.15, -0.1) is 0 Å². The number of carbonyl (C=O) groups is 1. The Balaban J connectivity index is 0.000000309. The zero-order valence-corrected chi connectivity index (χ0v) is 17.2. The fourth-order valence-corrected chi connectivity index (χ4v) is 2.95. The highest BCUT2D eigenvalue weighted by Gasteiger charge is 2.28. The maximum absolute atomic E-state index is 11.5. The second kappa shape index (κ2) is 10.5. The number of alkyl carbamates (subject to hydrolysis) is 1. The quantitative estimate of drug-likeness (QED) is 0.736. The number of rotatable bonds is 5. The molecular formula is C19H34N6O2. The molecule has 2 atom stereocenters. The zero-order valence-electron chi connectivity index (χ0n) is 17.2. The van der Waals surface area contributed by atoms with Crippen molar-refractivity contribution in [2.24, 2.45) is 17.6 Å². The van der Waals surface area contributed by atoms with Gasteiger partial charge in [0.1, 0.15) is 5.60 Å². The minimum absolute atomic E-state index is 0.0319. The van der Waals surface area contributed by atoms with Crippen molar-refractivity contribution in [3.63, 3.8) is 0 Å². The Morgan fingerprint density at radius 2 is 1.56 bits per heavy atom. The summed E-state index contributed by atoms with van der Waals surface area (Å²) in [6, 6.07) is 4.71. The predicted molar refractivity (Wildman–Crippen MR) is 104 cm³/mol. The smallest absolute Gasteiger partial charge is 0.407 e. The molecule has 8 nitrogen and oxygen atoms in total. The Morgan fingerprint density at radius 3 is 1.93 bits per heavy atom. The summed E-state index contributed by atoms with van der Waals surface area (Å²) in [4.78, 5) is 15.8. The number of nitrogens with zero attached hydrogens (tertiary/aromatic N) is 4. The van der Waals surface area contributed by atoms with Gasteiger partial charge in [0, 0.05) is 51.4 Å². The Morgan fingerprint density at radius 1 is 1.11 bits per heavy atom. The first-order chi connectivity index (χ1) is 12.5. The van der Waals surface area contributed by atoms with E-state index in [1.807, 2.05) is 34.6 Å². The topological polar surface area (TPSA) is 118 Å². The van der Waals surface area contributed by atoms with Crippen molar-refractivity contribution in [2.45, 2.75) is 52.3 Å². The standard InChI is InChI=1S/C12H21N3O2.C7H13N3/c1-9(6-15-7-10(5-13)8-15)14-11(16)17-12(2,3)4;1-6(9)3-10-4-7(2-8)5-10/h9-10H,6-8H2,1-4H3,(H,14,16);6-7H,3-5,9H2,1H3/t9-;6-/m11/s1. The van der Waals surface area contributed by atoms with E-state index in [-0.39, 0.29) is 30.0 Å². The average Bonchev–Trinajstić information content (AvgIpc) is 2.44. The average molecular weight is 379 g/mol. The molecule has 2 rings (SSSR count). The van der Waals surface area contributed by atoms with Gasteiger partial charge in [0.15, 0.2) is 0 Å². The number of amides is 1. The zero-order chi connectivity index (χ0) is 20.6. The van der Waals surface area contributed by atoms with E-state index in [4.69, 9.17) is 21.0 Å². The lowest BCUT2D eigenvalue weighted by Crippen LogP contribution is -2.52. The van der Waals surface area contributed by atoms with Gasteiger partial charge >= 0.3 is 6.09 Å². The van der Waals surface area contributed by atoms with Crippen LogP contribution >= 0.6 is 0 Å². The summed E-state index contributed by atoms with van der Waals surface area (Å²) in [6.45, 7) is 14.6. The number of nitrogens with one attached hydrogen (secondary N) is 1. The first-order valence-electron chi connectivity index (χ1n) is 9.51. The van der Waals surface area contributed by atoms with E-state index in [0.29, 0.717) is 0 Å². The molecule has 0 saturated carbocycles. The van der Waals surface area contributed by atoms with Crippen LogP contribution in [0.5, 0.6) is 0 Å². The minimum atomic E-state index is -0.466. The second-order valence-electron chi connectivity index (χ2n) is 8.61. The van der Waals surface area contributed by atoms with Gasteiger partial charge in [-0.1, -0.05) is 0 Å². The van der Waals surface area contributed by atoms with Crippen LogP contribution in [0, 0.1) is 34.5 Å². The van der Waals surface area contributed by atoms with Crippen molar-refractivity contribution in [1.29, 1.82) is 10.5 Å². The van der Waals surface area contributed by atoms with E-state index in [1.165, 1.54) is 0 Å². The van der Waals surface area contributed by atoms with Crippen molar-refractivity contribution < 1.29 is 9.53 Å². The third-order valence-corrected chi connectivity index (χ3v) is 4.12. The highest BCUT2D eigenvalue weighted by molar-refractivity contribution is 5.68. The molecule has 3 N–H and O–H groups in total. The van der Waals surface area contributed by atoms with Crippen LogP contribution in [0.2, 0.25) is 0 Å². The van der Waals surface area contributed by atoms with Crippen LogP contribution in [-0.2, 0) is 4.74 Å². The molecule has 0 aromatic rings. The van der Waals surface area contributed by atoms with Gasteiger partial charge in [-0.2, -0.15) is 10.5 Å². The van der Waals surface area contributed by atoms with Gasteiger partial charge in [-0.25, -0.2) is 4.79 Å². The molecule has 8 heteroatoms. The van der Waals surface area contributed by atoms with E-state index in [1.54, 1.807) is 0 Å². The monoisotopic (exact) mass is 378 g/mol. The minimum Gasteiger partial charge on any atom is -0.444 e. The summed E-state index contributed by atoms with van der Waals surface area (Å²) in [5.74, 6) is 0.419. The largest absolute Gasteiger partial charge is 0.444 e. The van der Waals surface area contributed by atoms with Crippen LogP contribution in [0.25, 0.3) is 0 Å². The molecule has 27 heavy (non-hydrogen) atoms. The predicted octanol–water partition coefficient (Wildman–Crippen LogP) is 1.14. The molecule has 0 spiro atoms. The molecule has 2 saturated heterocycles. The van der Waals surface area contributed by atoms with Crippen LogP contribution in [0.4, 0.5) is 4.79 Å². The fourth-order valence-electron chi connectivity index (χ4n) is 2.95. The molecule has 2 aliphatic rings. The molecular weight excluding hydrogens is 344 g/mol. The molecule has 2 aliphatic heterocycles. The molecule has 0 bridgehead atoms. The van der Waals surface area contributed by atoms with Crippen molar-refractivity contribution >= 4 is 6.09 Å². The molecule has 2 heterocycles. The number of nitrogens with two attached hydrogens (primary N) is 1. The van der Waals surface area contributed by atoms with Gasteiger partial charge in [0.2, 0.25) is 0 Å². The van der Waals surface area contributed by atoms with Gasteiger partial charge in [-0.3, -0.25) is 9.80 Å². The Bertz CT molecular complexity index is 548. The van der Waals surface area contributed by atoms with Gasteiger partial charge in [-0.05, 0) is 34.6 Å². The maximum Gasteiger partial charge on any atom is 0.407 e. The van der Waals surface area contributed by atoms with E-state index in [2.05, 4.69) is 27.3 Å². The molecule has 2 fully saturated rings. The van der Waals surface area contributed by atoms with E-state index >= 15 is 0 Å². The van der Waals surface area contributed by atoms with E-state index in [9.17, 15) is 4.79 Å². The third-order valence-electron chi connectivity index (χ3n) is 4.12. The first-order valence-corrected chi connectivity index (χ1v) is 9.51. The lowest BCUT2D eigenvalue weighted by atomic mass is 10.0. The Hall–Kier alpha value is -1.87. The highest BCUT2D eigenvalue weighted by atomic mass is 16.6. The highest BCUT2D eigenvalue weighted by Crippen LogP contribution is 2.14. The lowest BCUT2D eigenvalue weighted by Gasteiger charge is -2.37. The van der Waals surface area contributed by atoms with Crippen molar-refractivity contribution in [3.8, 4) is 12.1 Å². The summed E-state index contributed by atoms with van der Waals surface area (Å²) in [5, 5.41) is 19.9. The van der Waals surface area contributed by atoms with Crippen LogP contribution in [0.3, 0.4) is 0 Å². The van der Waals surface area contributed by atoms with Crippen LogP contribution in [0.1, 0.15) is 34.6 Å². The Kier molecular flexibility index (Phi) is 8.98. The number of nitriles is 2. The number of hydrogen-bond donors (Lipinski definition) is 2. The van der Waals surface area contributed by atoms with Gasteiger partial charge in [0.05, 0.1) is 24.0 Å². The number of ether oxygens (including phenoxy) is 1. The van der Waals surface area contributed by atoms with E-state index < -0.39 is 5.60 Å². The normalized spacial score (nSPS) is 20.6. The molecule has 0 unspecified atom stereocenters. The number of hydrogen-bond acceptors (Lipinski definition) is 7. The van der Waals surface area contributed by atoms with Gasteiger partial charge < -0.3 is 15.8 Å². The second-order valence-corrected chi connectivity index (χ2v) is 8.61. The van der Waals surface area contributed by atoms with Gasteiger partial charge in [0.25, 0.3) is 0 Å². The number of carbonyl (C=O) groups excluding carboxylic acids is 1. The number of likely N-dealkylation sites (tertiary alicyclic amines) is 2. The summed E-state index contributed by atoms with van der Waals surface area (Å²) in [7, 11) is 0. The molecule has 152 valence electrons. The molecule has 0 aliphatic carbocycles. The third kappa shape index (κ3) is 9.58. The van der Waals surface area contributed by atoms with Crippen molar-refractivity contribution in [2.75, 3.05) is 39.3 Å².